The second-order valence-corrected chi connectivity index (χ2v) is 8.49. The summed E-state index contributed by atoms with van der Waals surface area (Å²) >= 11 is 6.21. The lowest BCUT2D eigenvalue weighted by Crippen LogP contribution is -2.36. The molecule has 0 saturated heterocycles. The highest BCUT2D eigenvalue weighted by atomic mass is 35.5. The smallest absolute Gasteiger partial charge is 0.309 e. The second-order valence-electron chi connectivity index (χ2n) is 6.28. The Morgan fingerprint density at radius 2 is 2.04 bits per heavy atom. The zero-order chi connectivity index (χ0) is 18.9. The number of esters is 1. The molecular formula is C19H20ClNO4S. The van der Waals surface area contributed by atoms with Gasteiger partial charge in [-0.25, -0.2) is 8.42 Å². The Labute approximate surface area is 158 Å². The van der Waals surface area contributed by atoms with E-state index in [-0.39, 0.29) is 22.3 Å². The first-order valence-corrected chi connectivity index (χ1v) is 10.1. The summed E-state index contributed by atoms with van der Waals surface area (Å²) in [6, 6.07) is 10.5. The van der Waals surface area contributed by atoms with E-state index >= 15 is 0 Å². The van der Waals surface area contributed by atoms with E-state index in [0.29, 0.717) is 23.4 Å². The highest BCUT2D eigenvalue weighted by Gasteiger charge is 2.32. The van der Waals surface area contributed by atoms with Crippen LogP contribution in [-0.4, -0.2) is 28.0 Å². The first-order valence-electron chi connectivity index (χ1n) is 8.31. The quantitative estimate of drug-likeness (QED) is 0.746. The Bertz CT molecular complexity index is 936. The fourth-order valence-corrected chi connectivity index (χ4v) is 5.56. The van der Waals surface area contributed by atoms with E-state index in [1.807, 2.05) is 12.1 Å². The van der Waals surface area contributed by atoms with Crippen molar-refractivity contribution in [2.24, 2.45) is 0 Å². The molecule has 138 valence electrons. The molecule has 1 heterocycles. The van der Waals surface area contributed by atoms with Crippen LogP contribution in [0.3, 0.4) is 0 Å². The number of hydrogen-bond acceptors (Lipinski definition) is 4. The Hall–Kier alpha value is -2.05. The van der Waals surface area contributed by atoms with Gasteiger partial charge in [-0.05, 0) is 48.6 Å². The minimum absolute atomic E-state index is 0.1000. The molecule has 0 N–H and O–H groups in total. The van der Waals surface area contributed by atoms with E-state index in [4.69, 9.17) is 16.3 Å². The number of carbonyl (C=O) groups excluding carboxylic acids is 1. The number of methoxy groups -OCH3 is 1. The molecule has 0 saturated carbocycles. The number of anilines is 1. The number of ether oxygens (including phenoxy) is 1. The van der Waals surface area contributed by atoms with Gasteiger partial charge < -0.3 is 4.74 Å². The van der Waals surface area contributed by atoms with Crippen LogP contribution in [0.2, 0.25) is 5.02 Å². The van der Waals surface area contributed by atoms with Crippen molar-refractivity contribution in [3.8, 4) is 0 Å². The van der Waals surface area contributed by atoms with Crippen LogP contribution in [0.1, 0.15) is 23.1 Å². The third kappa shape index (κ3) is 3.44. The van der Waals surface area contributed by atoms with Gasteiger partial charge in [0.2, 0.25) is 0 Å². The Morgan fingerprint density at radius 3 is 2.73 bits per heavy atom. The van der Waals surface area contributed by atoms with Crippen molar-refractivity contribution in [3.63, 3.8) is 0 Å². The zero-order valence-electron chi connectivity index (χ0n) is 14.7. The number of fused-ring (bicyclic) bond motifs is 1. The summed E-state index contributed by atoms with van der Waals surface area (Å²) in [4.78, 5) is 11.7. The summed E-state index contributed by atoms with van der Waals surface area (Å²) in [5.74, 6) is -0.364. The summed E-state index contributed by atoms with van der Waals surface area (Å²) in [5.41, 5.74) is 2.87. The minimum Gasteiger partial charge on any atom is -0.469 e. The lowest BCUT2D eigenvalue weighted by Gasteiger charge is -2.31. The predicted molar refractivity (Wildman–Crippen MR) is 101 cm³/mol. The Morgan fingerprint density at radius 1 is 1.27 bits per heavy atom. The molecule has 0 fully saturated rings. The third-order valence-electron chi connectivity index (χ3n) is 4.51. The Balaban J connectivity index is 2.08. The predicted octanol–water partition coefficient (Wildman–Crippen LogP) is 3.51. The molecule has 0 bridgehead atoms. The molecule has 0 unspecified atom stereocenters. The first-order chi connectivity index (χ1) is 12.3. The molecule has 0 spiro atoms. The van der Waals surface area contributed by atoms with Gasteiger partial charge in [-0.15, -0.1) is 0 Å². The molecule has 0 aliphatic carbocycles. The van der Waals surface area contributed by atoms with Crippen molar-refractivity contribution < 1.29 is 17.9 Å². The molecule has 2 aromatic rings. The Kier molecular flexibility index (Phi) is 5.25. The van der Waals surface area contributed by atoms with E-state index in [9.17, 15) is 13.2 Å². The minimum atomic E-state index is -3.80. The van der Waals surface area contributed by atoms with E-state index in [1.54, 1.807) is 31.2 Å². The number of hydrogen-bond donors (Lipinski definition) is 0. The molecule has 0 atom stereocenters. The van der Waals surface area contributed by atoms with Gasteiger partial charge in [-0.1, -0.05) is 35.9 Å². The third-order valence-corrected chi connectivity index (χ3v) is 6.96. The van der Waals surface area contributed by atoms with Crippen LogP contribution >= 0.6 is 11.6 Å². The fourth-order valence-electron chi connectivity index (χ4n) is 3.24. The SMILES string of the molecule is COC(=O)Cc1ccc2c(c1)N(S(=O)(=O)c1c(C)cccc1Cl)CCC2. The van der Waals surface area contributed by atoms with Crippen molar-refractivity contribution in [1.29, 1.82) is 0 Å². The van der Waals surface area contributed by atoms with Gasteiger partial charge in [0.15, 0.2) is 0 Å². The average molecular weight is 394 g/mol. The number of carbonyl (C=O) groups is 1. The number of sulfonamides is 1. The van der Waals surface area contributed by atoms with Crippen molar-refractivity contribution >= 4 is 33.3 Å². The number of benzene rings is 2. The van der Waals surface area contributed by atoms with Crippen molar-refractivity contribution in [2.45, 2.75) is 31.1 Å². The maximum Gasteiger partial charge on any atom is 0.309 e. The van der Waals surface area contributed by atoms with Gasteiger partial charge in [0.25, 0.3) is 10.0 Å². The number of nitrogens with zero attached hydrogens (tertiary/aromatic N) is 1. The van der Waals surface area contributed by atoms with Crippen LogP contribution in [0.4, 0.5) is 5.69 Å². The van der Waals surface area contributed by atoms with Crippen LogP contribution in [0.15, 0.2) is 41.3 Å². The van der Waals surface area contributed by atoms with Gasteiger partial charge in [-0.2, -0.15) is 0 Å². The molecule has 0 aromatic heterocycles. The van der Waals surface area contributed by atoms with Gasteiger partial charge in [0.1, 0.15) is 4.90 Å². The van der Waals surface area contributed by atoms with Gasteiger partial charge in [0.05, 0.1) is 24.2 Å². The maximum absolute atomic E-state index is 13.3. The summed E-state index contributed by atoms with van der Waals surface area (Å²) < 4.78 is 32.8. The summed E-state index contributed by atoms with van der Waals surface area (Å²) in [5, 5.41) is 0.211. The van der Waals surface area contributed by atoms with E-state index < -0.39 is 10.0 Å². The first kappa shape index (κ1) is 18.7. The van der Waals surface area contributed by atoms with Crippen LogP contribution in [0.5, 0.6) is 0 Å². The average Bonchev–Trinajstić information content (AvgIpc) is 2.60. The monoisotopic (exact) mass is 393 g/mol. The van der Waals surface area contributed by atoms with Gasteiger partial charge in [0, 0.05) is 6.54 Å². The highest BCUT2D eigenvalue weighted by molar-refractivity contribution is 7.93. The molecule has 0 amide bonds. The number of rotatable bonds is 4. The summed E-state index contributed by atoms with van der Waals surface area (Å²) in [7, 11) is -2.47. The molecule has 1 aliphatic rings. The van der Waals surface area contributed by atoms with Crippen molar-refractivity contribution in [2.75, 3.05) is 18.0 Å². The molecule has 2 aromatic carbocycles. The zero-order valence-corrected chi connectivity index (χ0v) is 16.2. The van der Waals surface area contributed by atoms with Crippen molar-refractivity contribution in [1.82, 2.24) is 0 Å². The van der Waals surface area contributed by atoms with E-state index in [2.05, 4.69) is 0 Å². The molecule has 1 aliphatic heterocycles. The van der Waals surface area contributed by atoms with E-state index in [1.165, 1.54) is 11.4 Å². The summed E-state index contributed by atoms with van der Waals surface area (Å²) in [6.07, 6.45) is 1.62. The van der Waals surface area contributed by atoms with Gasteiger partial charge >= 0.3 is 5.97 Å². The highest BCUT2D eigenvalue weighted by Crippen LogP contribution is 2.36. The topological polar surface area (TPSA) is 63.7 Å². The standard InChI is InChI=1S/C19H20ClNO4S/c1-13-5-3-7-16(20)19(13)26(23,24)21-10-4-6-15-9-8-14(11-17(15)21)12-18(22)25-2/h3,5,7-9,11H,4,6,10,12H2,1-2H3. The molecule has 0 radical (unpaired) electrons. The van der Waals surface area contributed by atoms with Crippen LogP contribution in [-0.2, 0) is 32.4 Å². The number of halogens is 1. The molecule has 5 nitrogen and oxygen atoms in total. The second kappa shape index (κ2) is 7.29. The largest absolute Gasteiger partial charge is 0.469 e. The lowest BCUT2D eigenvalue weighted by molar-refractivity contribution is -0.139. The fraction of sp³-hybridized carbons (Fsp3) is 0.316. The molecular weight excluding hydrogens is 374 g/mol. The molecule has 26 heavy (non-hydrogen) atoms. The lowest BCUT2D eigenvalue weighted by atomic mass is 10.00. The molecule has 3 rings (SSSR count). The summed E-state index contributed by atoms with van der Waals surface area (Å²) in [6.45, 7) is 2.11. The molecule has 7 heteroatoms. The van der Waals surface area contributed by atoms with Crippen molar-refractivity contribution in [3.05, 3.63) is 58.1 Å². The normalized spacial score (nSPS) is 14.0. The van der Waals surface area contributed by atoms with Gasteiger partial charge in [-0.3, -0.25) is 9.10 Å². The van der Waals surface area contributed by atoms with Crippen LogP contribution in [0, 0.1) is 6.92 Å². The van der Waals surface area contributed by atoms with Crippen LogP contribution < -0.4 is 4.31 Å². The maximum atomic E-state index is 13.3. The number of aryl methyl sites for hydroxylation is 2. The van der Waals surface area contributed by atoms with E-state index in [0.717, 1.165) is 18.4 Å². The van der Waals surface area contributed by atoms with Crippen LogP contribution in [0.25, 0.3) is 0 Å².